The van der Waals surface area contributed by atoms with Crippen LogP contribution in [0.1, 0.15) is 33.1 Å². The van der Waals surface area contributed by atoms with Crippen molar-refractivity contribution in [1.29, 1.82) is 0 Å². The summed E-state index contributed by atoms with van der Waals surface area (Å²) in [6.45, 7) is 7.57. The zero-order valence-corrected chi connectivity index (χ0v) is 11.1. The summed E-state index contributed by atoms with van der Waals surface area (Å²) in [5, 5.41) is 13.3. The highest BCUT2D eigenvalue weighted by molar-refractivity contribution is 4.95. The summed E-state index contributed by atoms with van der Waals surface area (Å²) in [7, 11) is 0. The van der Waals surface area contributed by atoms with Crippen LogP contribution in [0, 0.1) is 0 Å². The number of nitrogens with zero attached hydrogens (tertiary/aromatic N) is 1. The minimum atomic E-state index is -0.382. The van der Waals surface area contributed by atoms with Gasteiger partial charge >= 0.3 is 0 Å². The lowest BCUT2D eigenvalue weighted by atomic mass is 10.1. The lowest BCUT2D eigenvalue weighted by molar-refractivity contribution is 0.00517. The molecule has 0 aromatic heterocycles. The Morgan fingerprint density at radius 3 is 2.94 bits per heavy atom. The van der Waals surface area contributed by atoms with Gasteiger partial charge in [0.15, 0.2) is 0 Å². The SMILES string of the molecule is CC(C)OCC(O)CNC1CCN2CCCC12. The van der Waals surface area contributed by atoms with Crippen molar-refractivity contribution in [2.45, 2.75) is 57.4 Å². The van der Waals surface area contributed by atoms with E-state index in [1.54, 1.807) is 0 Å². The average Bonchev–Trinajstić information content (AvgIpc) is 2.86. The third-order valence-electron chi connectivity index (χ3n) is 3.84. The maximum Gasteiger partial charge on any atom is 0.0897 e. The topological polar surface area (TPSA) is 44.7 Å². The van der Waals surface area contributed by atoms with Gasteiger partial charge in [0.1, 0.15) is 0 Å². The lowest BCUT2D eigenvalue weighted by Crippen LogP contribution is -2.43. The van der Waals surface area contributed by atoms with Crippen LogP contribution in [-0.4, -0.2) is 60.5 Å². The highest BCUT2D eigenvalue weighted by Gasteiger charge is 2.36. The molecular weight excluding hydrogens is 216 g/mol. The monoisotopic (exact) mass is 242 g/mol. The van der Waals surface area contributed by atoms with Gasteiger partial charge < -0.3 is 15.2 Å². The van der Waals surface area contributed by atoms with E-state index < -0.39 is 0 Å². The fourth-order valence-electron chi connectivity index (χ4n) is 2.97. The molecule has 0 saturated carbocycles. The van der Waals surface area contributed by atoms with E-state index in [-0.39, 0.29) is 12.2 Å². The molecule has 3 unspecified atom stereocenters. The molecule has 0 amide bonds. The minimum absolute atomic E-state index is 0.196. The molecule has 2 saturated heterocycles. The molecule has 0 bridgehead atoms. The van der Waals surface area contributed by atoms with E-state index in [0.717, 1.165) is 0 Å². The zero-order chi connectivity index (χ0) is 12.3. The summed E-state index contributed by atoms with van der Waals surface area (Å²) in [5.74, 6) is 0. The van der Waals surface area contributed by atoms with Crippen LogP contribution < -0.4 is 5.32 Å². The molecule has 2 rings (SSSR count). The van der Waals surface area contributed by atoms with Crippen molar-refractivity contribution < 1.29 is 9.84 Å². The van der Waals surface area contributed by atoms with Crippen LogP contribution in [0.2, 0.25) is 0 Å². The lowest BCUT2D eigenvalue weighted by Gasteiger charge is -2.23. The largest absolute Gasteiger partial charge is 0.389 e. The predicted octanol–water partition coefficient (Wildman–Crippen LogP) is 0.599. The Kier molecular flexibility index (Phi) is 4.79. The van der Waals surface area contributed by atoms with E-state index in [4.69, 9.17) is 4.74 Å². The molecule has 0 radical (unpaired) electrons. The Balaban J connectivity index is 1.64. The number of hydrogen-bond donors (Lipinski definition) is 2. The second kappa shape index (κ2) is 6.14. The van der Waals surface area contributed by atoms with Crippen LogP contribution in [0.4, 0.5) is 0 Å². The first-order valence-electron chi connectivity index (χ1n) is 6.94. The third-order valence-corrected chi connectivity index (χ3v) is 3.84. The quantitative estimate of drug-likeness (QED) is 0.716. The summed E-state index contributed by atoms with van der Waals surface area (Å²) in [6, 6.07) is 1.29. The van der Waals surface area contributed by atoms with Crippen molar-refractivity contribution in [3.63, 3.8) is 0 Å². The summed E-state index contributed by atoms with van der Waals surface area (Å²) >= 11 is 0. The molecule has 100 valence electrons. The van der Waals surface area contributed by atoms with Gasteiger partial charge in [0, 0.05) is 25.2 Å². The summed E-state index contributed by atoms with van der Waals surface area (Å²) in [5.41, 5.74) is 0. The molecule has 2 N–H and O–H groups in total. The number of aliphatic hydroxyl groups is 1. The van der Waals surface area contributed by atoms with E-state index in [1.807, 2.05) is 13.8 Å². The van der Waals surface area contributed by atoms with Crippen LogP contribution in [-0.2, 0) is 4.74 Å². The van der Waals surface area contributed by atoms with E-state index in [9.17, 15) is 5.11 Å². The highest BCUT2D eigenvalue weighted by atomic mass is 16.5. The maximum atomic E-state index is 9.80. The molecule has 0 aliphatic carbocycles. The number of fused-ring (bicyclic) bond motifs is 1. The van der Waals surface area contributed by atoms with Crippen molar-refractivity contribution in [2.75, 3.05) is 26.2 Å². The van der Waals surface area contributed by atoms with Crippen molar-refractivity contribution in [1.82, 2.24) is 10.2 Å². The van der Waals surface area contributed by atoms with Gasteiger partial charge in [-0.05, 0) is 39.7 Å². The van der Waals surface area contributed by atoms with Crippen LogP contribution in [0.25, 0.3) is 0 Å². The standard InChI is InChI=1S/C13H26N2O2/c1-10(2)17-9-11(16)8-14-12-5-7-15-6-3-4-13(12)15/h10-14,16H,3-9H2,1-2H3. The molecule has 0 spiro atoms. The number of aliphatic hydroxyl groups excluding tert-OH is 1. The molecule has 2 aliphatic heterocycles. The van der Waals surface area contributed by atoms with Gasteiger partial charge in [0.25, 0.3) is 0 Å². The molecular formula is C13H26N2O2. The minimum Gasteiger partial charge on any atom is -0.389 e. The van der Waals surface area contributed by atoms with Gasteiger partial charge in [-0.2, -0.15) is 0 Å². The average molecular weight is 242 g/mol. The Labute approximate surface area is 104 Å². The van der Waals surface area contributed by atoms with Gasteiger partial charge in [0.05, 0.1) is 18.8 Å². The summed E-state index contributed by atoms with van der Waals surface area (Å²) < 4.78 is 5.41. The van der Waals surface area contributed by atoms with Crippen LogP contribution in [0.15, 0.2) is 0 Å². The first kappa shape index (κ1) is 13.3. The fraction of sp³-hybridized carbons (Fsp3) is 1.00. The van der Waals surface area contributed by atoms with Crippen LogP contribution >= 0.6 is 0 Å². The van der Waals surface area contributed by atoms with E-state index >= 15 is 0 Å². The van der Waals surface area contributed by atoms with Gasteiger partial charge in [-0.3, -0.25) is 4.90 Å². The Morgan fingerprint density at radius 2 is 2.18 bits per heavy atom. The number of hydrogen-bond acceptors (Lipinski definition) is 4. The second-order valence-corrected chi connectivity index (χ2v) is 5.58. The van der Waals surface area contributed by atoms with Crippen molar-refractivity contribution >= 4 is 0 Å². The first-order chi connectivity index (χ1) is 8.16. The predicted molar refractivity (Wildman–Crippen MR) is 68.1 cm³/mol. The Bertz CT molecular complexity index is 235. The molecule has 17 heavy (non-hydrogen) atoms. The van der Waals surface area contributed by atoms with E-state index in [0.29, 0.717) is 25.2 Å². The van der Waals surface area contributed by atoms with Gasteiger partial charge in [-0.25, -0.2) is 0 Å². The maximum absolute atomic E-state index is 9.80. The normalized spacial score (nSPS) is 31.1. The first-order valence-corrected chi connectivity index (χ1v) is 6.94. The van der Waals surface area contributed by atoms with Crippen molar-refractivity contribution in [2.24, 2.45) is 0 Å². The zero-order valence-electron chi connectivity index (χ0n) is 11.1. The van der Waals surface area contributed by atoms with Gasteiger partial charge in [-0.1, -0.05) is 0 Å². The smallest absolute Gasteiger partial charge is 0.0897 e. The van der Waals surface area contributed by atoms with E-state index in [1.165, 1.54) is 32.4 Å². The molecule has 4 nitrogen and oxygen atoms in total. The number of nitrogens with one attached hydrogen (secondary N) is 1. The number of ether oxygens (including phenoxy) is 1. The Hall–Kier alpha value is -0.160. The molecule has 3 atom stereocenters. The van der Waals surface area contributed by atoms with Crippen LogP contribution in [0.5, 0.6) is 0 Å². The van der Waals surface area contributed by atoms with Gasteiger partial charge in [0.2, 0.25) is 0 Å². The molecule has 0 aromatic rings. The second-order valence-electron chi connectivity index (χ2n) is 5.58. The van der Waals surface area contributed by atoms with Gasteiger partial charge in [-0.15, -0.1) is 0 Å². The molecule has 4 heteroatoms. The summed E-state index contributed by atoms with van der Waals surface area (Å²) in [4.78, 5) is 2.58. The Morgan fingerprint density at radius 1 is 1.35 bits per heavy atom. The van der Waals surface area contributed by atoms with Crippen LogP contribution in [0.3, 0.4) is 0 Å². The highest BCUT2D eigenvalue weighted by Crippen LogP contribution is 2.27. The van der Waals surface area contributed by atoms with Crippen molar-refractivity contribution in [3.8, 4) is 0 Å². The van der Waals surface area contributed by atoms with Crippen molar-refractivity contribution in [3.05, 3.63) is 0 Å². The third kappa shape index (κ3) is 3.65. The summed E-state index contributed by atoms with van der Waals surface area (Å²) in [6.07, 6.45) is 3.69. The molecule has 2 aliphatic rings. The molecule has 2 fully saturated rings. The van der Waals surface area contributed by atoms with E-state index in [2.05, 4.69) is 10.2 Å². The molecule has 2 heterocycles. The molecule has 0 aromatic carbocycles. The fourth-order valence-corrected chi connectivity index (χ4v) is 2.97. The number of rotatable bonds is 6.